The molecule has 2 unspecified atom stereocenters. The Labute approximate surface area is 336 Å². The standard InChI is InChI=1S/C39H34F7IN7O4/c1-36(2,57)7-6-23-4-5-25(20-13-26(34-48-8-9-53(34)15-20)35(56)50-24-17-58-18-24)31(49-23)27(12-19-10-21(40)14-22(41)11-19)51-28(55)16-54-37(3)29(33(52-54)39(44,45)46)30-32(47-30)38(37,42)43/h4-5,8-11,13-15,24,27,29-30,32,57H,12,16-18H2,1-3H3,(H,50,56)(H,51,55)/q-1/t27-,29?,30+,32+,37?/m0/s1. The van der Waals surface area contributed by atoms with Gasteiger partial charge in [-0.15, -0.1) is 0 Å². The van der Waals surface area contributed by atoms with Crippen molar-refractivity contribution in [2.45, 2.75) is 70.4 Å². The Balaban J connectivity index is 1.23. The molecule has 0 radical (unpaired) electrons. The van der Waals surface area contributed by atoms with Crippen LogP contribution >= 0.6 is 0 Å². The van der Waals surface area contributed by atoms with Gasteiger partial charge in [-0.2, -0.15) is 0 Å². The Morgan fingerprint density at radius 2 is 1.84 bits per heavy atom. The van der Waals surface area contributed by atoms with Gasteiger partial charge < -0.3 is 19.6 Å². The number of hydrogen-bond donors (Lipinski definition) is 3. The van der Waals surface area contributed by atoms with Crippen LogP contribution in [-0.2, 0) is 16.0 Å². The number of nitrogens with one attached hydrogen (secondary N) is 2. The Bertz CT molecular complexity index is 2420. The van der Waals surface area contributed by atoms with Crippen LogP contribution in [0.4, 0.5) is 30.7 Å². The Kier molecular flexibility index (Phi) is 9.78. The first-order valence-corrected chi connectivity index (χ1v) is 20.5. The summed E-state index contributed by atoms with van der Waals surface area (Å²) in [5.74, 6) is -3.14. The van der Waals surface area contributed by atoms with E-state index >= 15 is 8.78 Å². The molecule has 19 heteroatoms. The number of alkyl halides is 7. The summed E-state index contributed by atoms with van der Waals surface area (Å²) in [6, 6.07) is 5.73. The number of carbonyl (C=O) groups is 2. The molecule has 5 atom stereocenters. The maximum atomic E-state index is 15.8. The number of hydrogen-bond acceptors (Lipinski definition) is 8. The molecule has 2 saturated heterocycles. The van der Waals surface area contributed by atoms with E-state index in [2.05, 4.69) is 32.6 Å². The number of pyridine rings is 2. The molecule has 4 aliphatic rings. The average molecular weight is 925 g/mol. The molecule has 11 nitrogen and oxygen atoms in total. The number of ether oxygens (including phenoxy) is 1. The van der Waals surface area contributed by atoms with Crippen LogP contribution in [0.3, 0.4) is 0 Å². The van der Waals surface area contributed by atoms with Gasteiger partial charge in [-0.05, 0) is 13.8 Å². The summed E-state index contributed by atoms with van der Waals surface area (Å²) in [4.78, 5) is 36.6. The van der Waals surface area contributed by atoms with Crippen molar-refractivity contribution in [1.82, 2.24) is 30.0 Å². The molecule has 1 aliphatic carbocycles. The van der Waals surface area contributed by atoms with Crippen molar-refractivity contribution < 1.29 is 71.4 Å². The monoisotopic (exact) mass is 924 g/mol. The SMILES string of the molecule is CC(C)(O)C#Cc1ccc(-c2cc(C(=O)NC3COC3)c3nccn3c2)c([C@H](Cc2cc(F)cc(F)c2)NC(=O)CN2N=C(C(F)(F)F)C3[C@H]4[I-][C@H]4C(F)(F)C32C)n1. The van der Waals surface area contributed by atoms with Gasteiger partial charge >= 0.3 is 219 Å². The van der Waals surface area contributed by atoms with Crippen molar-refractivity contribution in [1.29, 1.82) is 0 Å². The van der Waals surface area contributed by atoms with Crippen LogP contribution in [0.15, 0.2) is 60.1 Å². The zero-order chi connectivity index (χ0) is 41.5. The van der Waals surface area contributed by atoms with Crippen LogP contribution in [-0.4, -0.2) is 98.9 Å². The Morgan fingerprint density at radius 1 is 1.12 bits per heavy atom. The number of imidazole rings is 1. The number of aromatic nitrogens is 3. The first kappa shape index (κ1) is 40.0. The zero-order valence-electron chi connectivity index (χ0n) is 30.8. The second kappa shape index (κ2) is 14.2. The van der Waals surface area contributed by atoms with Gasteiger partial charge in [-0.1, -0.05) is 5.92 Å². The topological polar surface area (TPSA) is 133 Å². The Hall–Kier alpha value is -4.81. The third-order valence-corrected chi connectivity index (χ3v) is 14.3. The predicted octanol–water partition coefficient (Wildman–Crippen LogP) is 1.42. The van der Waals surface area contributed by atoms with Crippen molar-refractivity contribution >= 4 is 23.2 Å². The number of carbonyl (C=O) groups excluding carboxylic acids is 2. The molecule has 8 rings (SSSR count). The molecular weight excluding hydrogens is 890 g/mol. The molecule has 3 aliphatic heterocycles. The molecule has 1 aromatic carbocycles. The van der Waals surface area contributed by atoms with Crippen molar-refractivity contribution in [3.63, 3.8) is 0 Å². The molecule has 2 amide bonds. The van der Waals surface area contributed by atoms with Gasteiger partial charge in [0.1, 0.15) is 11.2 Å². The third kappa shape index (κ3) is 7.27. The van der Waals surface area contributed by atoms with Crippen molar-refractivity contribution in [3.05, 3.63) is 89.1 Å². The molecule has 6 heterocycles. The van der Waals surface area contributed by atoms with Gasteiger partial charge in [-0.3, -0.25) is 4.79 Å². The van der Waals surface area contributed by atoms with Crippen molar-refractivity contribution in [3.8, 4) is 23.0 Å². The van der Waals surface area contributed by atoms with Gasteiger partial charge in [0.15, 0.2) is 0 Å². The summed E-state index contributed by atoms with van der Waals surface area (Å²) in [6.45, 7) is 3.50. The number of halogens is 8. The van der Waals surface area contributed by atoms with Crippen molar-refractivity contribution in [2.75, 3.05) is 19.8 Å². The average Bonchev–Trinajstić information content (AvgIpc) is 3.59. The zero-order valence-corrected chi connectivity index (χ0v) is 33.0. The molecule has 306 valence electrons. The molecular formula is C39H34F7IN7O4-. The number of nitrogens with zero attached hydrogens (tertiary/aromatic N) is 5. The van der Waals surface area contributed by atoms with Gasteiger partial charge in [0, 0.05) is 18.5 Å². The van der Waals surface area contributed by atoms with Gasteiger partial charge in [0.2, 0.25) is 0 Å². The fourth-order valence-electron chi connectivity index (χ4n) is 7.67. The summed E-state index contributed by atoms with van der Waals surface area (Å²) in [6.07, 6.45) is -0.665. The van der Waals surface area contributed by atoms with E-state index in [0.717, 1.165) is 19.1 Å². The molecule has 1 saturated carbocycles. The van der Waals surface area contributed by atoms with Crippen LogP contribution in [0.2, 0.25) is 0 Å². The summed E-state index contributed by atoms with van der Waals surface area (Å²) in [5.41, 5.74) is -3.98. The molecule has 0 spiro atoms. The summed E-state index contributed by atoms with van der Waals surface area (Å²) < 4.78 is 108. The van der Waals surface area contributed by atoms with Crippen molar-refractivity contribution in [2.24, 2.45) is 11.0 Å². The normalized spacial score (nSPS) is 24.1. The van der Waals surface area contributed by atoms with Crippen LogP contribution in [0.1, 0.15) is 54.1 Å². The second-order valence-corrected chi connectivity index (χ2v) is 18.8. The van der Waals surface area contributed by atoms with Gasteiger partial charge in [0.25, 0.3) is 5.91 Å². The molecule has 58 heavy (non-hydrogen) atoms. The van der Waals surface area contributed by atoms with Crippen LogP contribution < -0.4 is 31.8 Å². The van der Waals surface area contributed by atoms with Gasteiger partial charge in [0.05, 0.1) is 24.8 Å². The minimum absolute atomic E-state index is 0.0287. The molecule has 0 bridgehead atoms. The second-order valence-electron chi connectivity index (χ2n) is 15.3. The molecule has 3 N–H and O–H groups in total. The number of rotatable bonds is 9. The molecule has 3 aromatic heterocycles. The van der Waals surface area contributed by atoms with E-state index in [1.54, 1.807) is 22.9 Å². The van der Waals surface area contributed by atoms with Crippen LogP contribution in [0, 0.1) is 29.4 Å². The van der Waals surface area contributed by atoms with E-state index < -0.39 is 100.0 Å². The number of aliphatic hydroxyl groups is 1. The van der Waals surface area contributed by atoms with E-state index in [0.29, 0.717) is 35.5 Å². The number of hydrazone groups is 1. The Morgan fingerprint density at radius 3 is 2.50 bits per heavy atom. The van der Waals surface area contributed by atoms with Crippen LogP contribution in [0.25, 0.3) is 16.8 Å². The molecule has 3 fully saturated rings. The first-order valence-electron chi connectivity index (χ1n) is 18.0. The predicted molar refractivity (Wildman–Crippen MR) is 189 cm³/mol. The molecule has 4 aromatic rings. The van der Waals surface area contributed by atoms with Crippen LogP contribution in [0.5, 0.6) is 0 Å². The van der Waals surface area contributed by atoms with E-state index in [4.69, 9.17) is 9.72 Å². The number of fused-ring (bicyclic) bond motifs is 4. The number of amides is 2. The summed E-state index contributed by atoms with van der Waals surface area (Å²) in [7, 11) is 0. The van der Waals surface area contributed by atoms with E-state index in [1.807, 2.05) is 0 Å². The minimum atomic E-state index is -5.01. The fourth-order valence-corrected chi connectivity index (χ4v) is 11.7. The third-order valence-electron chi connectivity index (χ3n) is 10.5. The summed E-state index contributed by atoms with van der Waals surface area (Å²) in [5, 5.41) is 20.0. The first-order chi connectivity index (χ1) is 27.2. The quantitative estimate of drug-likeness (QED) is 0.100. The van der Waals surface area contributed by atoms with E-state index in [-0.39, 0.29) is 40.5 Å². The maximum absolute atomic E-state index is 15.8. The fraction of sp³-hybridized carbons (Fsp3) is 0.410. The van der Waals surface area contributed by atoms with E-state index in [1.165, 1.54) is 32.2 Å². The summed E-state index contributed by atoms with van der Waals surface area (Å²) >= 11 is -1.20. The number of benzene rings is 1. The van der Waals surface area contributed by atoms with E-state index in [9.17, 15) is 36.6 Å². The van der Waals surface area contributed by atoms with Gasteiger partial charge in [-0.25, -0.2) is 13.8 Å².